The molecule has 3 aliphatic rings. The molecule has 0 aliphatic heterocycles. The molecule has 0 aromatic heterocycles. The van der Waals surface area contributed by atoms with Crippen LogP contribution >= 0.6 is 24.8 Å². The Hall–Kier alpha value is -1.96. The number of allylic oxidation sites excluding steroid dienone is 2. The van der Waals surface area contributed by atoms with Gasteiger partial charge in [0.2, 0.25) is 0 Å². The van der Waals surface area contributed by atoms with E-state index in [0.717, 1.165) is 0 Å². The number of benzene rings is 4. The van der Waals surface area contributed by atoms with Crippen molar-refractivity contribution in [2.45, 2.75) is 108 Å². The Morgan fingerprint density at radius 1 is 0.706 bits per heavy atom. The average Bonchev–Trinajstić information content (AvgIpc) is 3.67. The summed E-state index contributed by atoms with van der Waals surface area (Å²) in [6.07, 6.45) is 13.3. The summed E-state index contributed by atoms with van der Waals surface area (Å²) in [7, 11) is 0. The fourth-order valence-electron chi connectivity index (χ4n) is 10.1. The molecular formula is C47H60Cl2SiZr. The first-order valence-corrected chi connectivity index (χ1v) is 32.9. The minimum Gasteiger partial charge on any atom is -0.147 e. The van der Waals surface area contributed by atoms with Gasteiger partial charge in [-0.05, 0) is 0 Å². The maximum absolute atomic E-state index is 3.71. The van der Waals surface area contributed by atoms with Crippen LogP contribution in [-0.2, 0) is 22.8 Å². The monoisotopic (exact) mass is 812 g/mol. The third-order valence-corrected chi connectivity index (χ3v) is 30.4. The Labute approximate surface area is 324 Å². The van der Waals surface area contributed by atoms with E-state index in [-0.39, 0.29) is 30.2 Å². The normalized spacial score (nSPS) is 19.6. The molecule has 1 fully saturated rings. The summed E-state index contributed by atoms with van der Waals surface area (Å²) < 4.78 is 6.74. The molecular weight excluding hydrogens is 755 g/mol. The third kappa shape index (κ3) is 7.31. The Kier molecular flexibility index (Phi) is 11.9. The van der Waals surface area contributed by atoms with Crippen LogP contribution in [0.2, 0.25) is 9.26 Å². The van der Waals surface area contributed by atoms with Crippen molar-refractivity contribution in [2.24, 2.45) is 5.92 Å². The van der Waals surface area contributed by atoms with E-state index in [1.807, 2.05) is 0 Å². The van der Waals surface area contributed by atoms with E-state index < -0.39 is 17.4 Å². The van der Waals surface area contributed by atoms with Crippen molar-refractivity contribution < 1.29 is 17.4 Å². The van der Waals surface area contributed by atoms with Gasteiger partial charge >= 0.3 is 302 Å². The molecule has 51 heavy (non-hydrogen) atoms. The first kappa shape index (κ1) is 40.2. The molecule has 0 bridgehead atoms. The van der Waals surface area contributed by atoms with Crippen molar-refractivity contribution in [3.8, 4) is 22.3 Å². The summed E-state index contributed by atoms with van der Waals surface area (Å²) >= 11 is -3.71. The van der Waals surface area contributed by atoms with Gasteiger partial charge in [0, 0.05) is 0 Å². The maximum Gasteiger partial charge on any atom is -0.147 e. The van der Waals surface area contributed by atoms with Gasteiger partial charge in [0.25, 0.3) is 0 Å². The molecule has 0 radical (unpaired) electrons. The molecule has 4 aromatic carbocycles. The SMILES string of the molecule is CCC(C)c1ccc(-c2cccc3c2C=C(C)[CH]3[Zr]([CH3])([CH3])(=[SiH2])[CH]2C(C3CCCCC3)=Cc3c(-c4ccc(C(C)(C)C)cc4)cccc32)cc1.Cl.Cl. The van der Waals surface area contributed by atoms with Gasteiger partial charge in [-0.2, -0.15) is 0 Å². The van der Waals surface area contributed by atoms with Gasteiger partial charge in [0.1, 0.15) is 0 Å². The molecule has 0 spiro atoms. The van der Waals surface area contributed by atoms with Crippen molar-refractivity contribution >= 4 is 43.8 Å². The summed E-state index contributed by atoms with van der Waals surface area (Å²) in [4.78, 5) is 0. The molecule has 3 unspecified atom stereocenters. The summed E-state index contributed by atoms with van der Waals surface area (Å²) in [6.45, 7) is 16.5. The molecule has 7 rings (SSSR count). The molecule has 4 aromatic rings. The predicted molar refractivity (Wildman–Crippen MR) is 230 cm³/mol. The smallest absolute Gasteiger partial charge is 0.147 e. The number of halogens is 2. The van der Waals surface area contributed by atoms with Crippen molar-refractivity contribution in [1.82, 2.24) is 0 Å². The average molecular weight is 815 g/mol. The fourth-order valence-corrected chi connectivity index (χ4v) is 30.5. The number of hydrogen-bond acceptors (Lipinski definition) is 0. The Bertz CT molecular complexity index is 2010. The second kappa shape index (κ2) is 15.1. The van der Waals surface area contributed by atoms with Crippen LogP contribution in [0.1, 0.15) is 127 Å². The summed E-state index contributed by atoms with van der Waals surface area (Å²) in [6, 6.07) is 33.5. The van der Waals surface area contributed by atoms with Gasteiger partial charge in [-0.1, -0.05) is 0 Å². The number of rotatable bonds is 7. The Morgan fingerprint density at radius 2 is 1.22 bits per heavy atom. The molecule has 0 nitrogen and oxygen atoms in total. The second-order valence-electron chi connectivity index (χ2n) is 18.0. The van der Waals surface area contributed by atoms with Crippen LogP contribution in [0.25, 0.3) is 34.4 Å². The maximum atomic E-state index is 2.83. The Morgan fingerprint density at radius 3 is 1.75 bits per heavy atom. The first-order valence-electron chi connectivity index (χ1n) is 19.2. The molecule has 1 saturated carbocycles. The molecule has 3 aliphatic carbocycles. The van der Waals surface area contributed by atoms with E-state index in [2.05, 4.69) is 155 Å². The van der Waals surface area contributed by atoms with Gasteiger partial charge in [0.05, 0.1) is 0 Å². The van der Waals surface area contributed by atoms with E-state index in [1.54, 1.807) is 22.3 Å². The van der Waals surface area contributed by atoms with Crippen LogP contribution in [0.3, 0.4) is 0 Å². The molecule has 3 atom stereocenters. The zero-order chi connectivity index (χ0) is 34.7. The number of fused-ring (bicyclic) bond motifs is 2. The van der Waals surface area contributed by atoms with Crippen LogP contribution < -0.4 is 0 Å². The van der Waals surface area contributed by atoms with Crippen molar-refractivity contribution in [2.75, 3.05) is 0 Å². The summed E-state index contributed by atoms with van der Waals surface area (Å²) in [5.41, 5.74) is 18.1. The summed E-state index contributed by atoms with van der Waals surface area (Å²) in [5.74, 6) is 1.31. The molecule has 4 heteroatoms. The van der Waals surface area contributed by atoms with Crippen LogP contribution in [0, 0.1) is 5.92 Å². The molecule has 0 saturated heterocycles. The van der Waals surface area contributed by atoms with Crippen LogP contribution in [0.5, 0.6) is 0 Å². The van der Waals surface area contributed by atoms with E-state index >= 15 is 0 Å². The van der Waals surface area contributed by atoms with Crippen LogP contribution in [-0.4, -0.2) is 6.88 Å². The van der Waals surface area contributed by atoms with E-state index in [9.17, 15) is 0 Å². The molecule has 270 valence electrons. The quantitative estimate of drug-likeness (QED) is 0.163. The van der Waals surface area contributed by atoms with Crippen LogP contribution in [0.15, 0.2) is 96.1 Å². The predicted octanol–water partition coefficient (Wildman–Crippen LogP) is 14.2. The standard InChI is InChI=1S/C25H29.C20H21.2CH3.2ClH.H2Si.Zr/c1-25(2,3)22-14-12-19(13-15-22)23-11-7-10-20-16-21(17-24(20)23)18-8-5-4-6-9-18;1-4-15(3)16-8-10-17(11-9-16)19-7-5-6-18-12-14(2)13-20(18)19;;;;;;/h7,10-18H,4-6,8-9H2,1-3H3;5-13,15H,4H2,1-3H3;2*1H3;2*1H;1H2;. The molecule has 0 heterocycles. The van der Waals surface area contributed by atoms with Gasteiger partial charge in [-0.15, -0.1) is 24.8 Å². The van der Waals surface area contributed by atoms with Gasteiger partial charge in [0.15, 0.2) is 0 Å². The Balaban J connectivity index is 0.00000252. The minimum atomic E-state index is -3.71. The van der Waals surface area contributed by atoms with Crippen molar-refractivity contribution in [3.05, 3.63) is 129 Å². The van der Waals surface area contributed by atoms with Crippen molar-refractivity contribution in [3.63, 3.8) is 0 Å². The topological polar surface area (TPSA) is 0 Å². The van der Waals surface area contributed by atoms with Gasteiger partial charge < -0.3 is 0 Å². The number of hydrogen-bond donors (Lipinski definition) is 0. The van der Waals surface area contributed by atoms with Gasteiger partial charge in [-0.25, -0.2) is 0 Å². The second-order valence-corrected chi connectivity index (χ2v) is 48.5. The third-order valence-electron chi connectivity index (χ3n) is 12.8. The van der Waals surface area contributed by atoms with E-state index in [4.69, 9.17) is 0 Å². The van der Waals surface area contributed by atoms with Gasteiger partial charge in [-0.3, -0.25) is 0 Å². The largest absolute Gasteiger partial charge is 0.147 e. The fraction of sp³-hybridized carbons (Fsp3) is 0.404. The van der Waals surface area contributed by atoms with Crippen molar-refractivity contribution in [1.29, 1.82) is 0 Å². The minimum absolute atomic E-state index is 0. The molecule has 0 N–H and O–H groups in total. The zero-order valence-corrected chi connectivity index (χ0v) is 37.8. The van der Waals surface area contributed by atoms with Crippen LogP contribution in [0.4, 0.5) is 0 Å². The zero-order valence-electron chi connectivity index (χ0n) is 32.3. The van der Waals surface area contributed by atoms with E-state index in [0.29, 0.717) is 19.1 Å². The summed E-state index contributed by atoms with van der Waals surface area (Å²) in [5, 5.41) is 0. The molecule has 0 amide bonds. The first-order chi connectivity index (χ1) is 23.3. The van der Waals surface area contributed by atoms with E-state index in [1.165, 1.54) is 83.0 Å².